The van der Waals surface area contributed by atoms with Crippen LogP contribution in [-0.2, 0) is 28.6 Å². The average Bonchev–Trinajstić information content (AvgIpc) is 3.26. The first-order valence-electron chi connectivity index (χ1n) is 26.1. The van der Waals surface area contributed by atoms with Gasteiger partial charge in [-0.25, -0.2) is 0 Å². The molecular formula is C55H98O6. The van der Waals surface area contributed by atoms with Crippen LogP contribution < -0.4 is 0 Å². The van der Waals surface area contributed by atoms with Crippen molar-refractivity contribution in [2.24, 2.45) is 0 Å². The van der Waals surface area contributed by atoms with Gasteiger partial charge >= 0.3 is 17.9 Å². The molecule has 0 aliphatic rings. The molecule has 1 unspecified atom stereocenters. The summed E-state index contributed by atoms with van der Waals surface area (Å²) in [7, 11) is 0. The molecule has 0 radical (unpaired) electrons. The summed E-state index contributed by atoms with van der Waals surface area (Å²) in [5.41, 5.74) is 0. The predicted octanol–water partition coefficient (Wildman–Crippen LogP) is 17.1. The molecule has 0 N–H and O–H groups in total. The Labute approximate surface area is 378 Å². The number of unbranched alkanes of at least 4 members (excludes halogenated alkanes) is 28. The number of carbonyl (C=O) groups is 3. The van der Waals surface area contributed by atoms with Gasteiger partial charge in [0.1, 0.15) is 13.2 Å². The lowest BCUT2D eigenvalue weighted by Crippen LogP contribution is -2.30. The molecule has 6 heteroatoms. The van der Waals surface area contributed by atoms with Crippen molar-refractivity contribution in [2.75, 3.05) is 13.2 Å². The summed E-state index contributed by atoms with van der Waals surface area (Å²) in [6, 6.07) is 0. The van der Waals surface area contributed by atoms with Gasteiger partial charge in [0.15, 0.2) is 6.10 Å². The topological polar surface area (TPSA) is 78.9 Å². The molecule has 0 rings (SSSR count). The largest absolute Gasteiger partial charge is 0.462 e. The van der Waals surface area contributed by atoms with Gasteiger partial charge < -0.3 is 14.2 Å². The molecule has 0 heterocycles. The lowest BCUT2D eigenvalue weighted by atomic mass is 10.0. The van der Waals surface area contributed by atoms with Crippen LogP contribution in [0, 0.1) is 0 Å². The summed E-state index contributed by atoms with van der Waals surface area (Å²) in [6.07, 6.45) is 59.7. The maximum atomic E-state index is 12.7. The Morgan fingerprint density at radius 3 is 1.00 bits per heavy atom. The minimum Gasteiger partial charge on any atom is -0.462 e. The van der Waals surface area contributed by atoms with Crippen LogP contribution >= 0.6 is 0 Å². The van der Waals surface area contributed by atoms with Crippen molar-refractivity contribution in [3.63, 3.8) is 0 Å². The quantitative estimate of drug-likeness (QED) is 0.0263. The Bertz CT molecular complexity index is 1070. The highest BCUT2D eigenvalue weighted by Gasteiger charge is 2.19. The van der Waals surface area contributed by atoms with Crippen molar-refractivity contribution in [3.05, 3.63) is 48.6 Å². The third-order valence-corrected chi connectivity index (χ3v) is 11.3. The Balaban J connectivity index is 4.27. The fraction of sp³-hybridized carbons (Fsp3) is 0.800. The Morgan fingerprint density at radius 1 is 0.344 bits per heavy atom. The van der Waals surface area contributed by atoms with Gasteiger partial charge in [-0.05, 0) is 57.8 Å². The average molecular weight is 855 g/mol. The summed E-state index contributed by atoms with van der Waals surface area (Å²) in [6.45, 7) is 6.48. The molecule has 6 nitrogen and oxygen atoms in total. The van der Waals surface area contributed by atoms with Gasteiger partial charge in [-0.3, -0.25) is 14.4 Å². The first-order valence-corrected chi connectivity index (χ1v) is 26.1. The van der Waals surface area contributed by atoms with Crippen molar-refractivity contribution in [3.8, 4) is 0 Å². The minimum atomic E-state index is -0.789. The number of esters is 3. The lowest BCUT2D eigenvalue weighted by molar-refractivity contribution is -0.167. The van der Waals surface area contributed by atoms with E-state index in [1.54, 1.807) is 0 Å². The van der Waals surface area contributed by atoms with E-state index in [-0.39, 0.29) is 37.5 Å². The standard InChI is InChI=1S/C55H98O6/c1-4-7-10-13-16-19-21-23-25-26-27-28-29-31-32-34-36-39-42-45-48-54(57)60-51-52(50-59-53(56)47-44-41-38-18-15-12-9-6-3)61-55(58)49-46-43-40-37-35-33-30-24-22-20-17-14-11-8-5-2/h8,11,17,20,24,30,35,37,52H,4-7,9-10,12-16,18-19,21-23,25-29,31-34,36,38-51H2,1-3H3/b11-8-,20-17-,30-24-,37-35-. The smallest absolute Gasteiger partial charge is 0.306 e. The fourth-order valence-corrected chi connectivity index (χ4v) is 7.43. The van der Waals surface area contributed by atoms with Crippen molar-refractivity contribution < 1.29 is 28.6 Å². The van der Waals surface area contributed by atoms with Crippen LogP contribution in [0.2, 0.25) is 0 Å². The first kappa shape index (κ1) is 58.4. The number of hydrogen-bond donors (Lipinski definition) is 0. The van der Waals surface area contributed by atoms with Gasteiger partial charge in [0, 0.05) is 19.3 Å². The molecule has 0 aromatic rings. The van der Waals surface area contributed by atoms with Crippen molar-refractivity contribution in [2.45, 2.75) is 271 Å². The van der Waals surface area contributed by atoms with Gasteiger partial charge in [-0.15, -0.1) is 0 Å². The second-order valence-corrected chi connectivity index (χ2v) is 17.4. The van der Waals surface area contributed by atoms with Gasteiger partial charge in [-0.1, -0.05) is 236 Å². The molecule has 0 fully saturated rings. The zero-order chi connectivity index (χ0) is 44.4. The van der Waals surface area contributed by atoms with E-state index >= 15 is 0 Å². The summed E-state index contributed by atoms with van der Waals surface area (Å²) in [4.78, 5) is 37.8. The minimum absolute atomic E-state index is 0.0865. The van der Waals surface area contributed by atoms with Crippen molar-refractivity contribution >= 4 is 17.9 Å². The second-order valence-electron chi connectivity index (χ2n) is 17.4. The van der Waals surface area contributed by atoms with Gasteiger partial charge in [0.25, 0.3) is 0 Å². The Hall–Kier alpha value is -2.63. The highest BCUT2D eigenvalue weighted by atomic mass is 16.6. The molecular weight excluding hydrogens is 757 g/mol. The van der Waals surface area contributed by atoms with E-state index in [1.165, 1.54) is 141 Å². The maximum absolute atomic E-state index is 12.7. The molecule has 61 heavy (non-hydrogen) atoms. The molecule has 1 atom stereocenters. The Morgan fingerprint density at radius 2 is 0.639 bits per heavy atom. The zero-order valence-corrected chi connectivity index (χ0v) is 40.4. The normalized spacial score (nSPS) is 12.4. The van der Waals surface area contributed by atoms with Crippen molar-refractivity contribution in [1.82, 2.24) is 0 Å². The number of carbonyl (C=O) groups excluding carboxylic acids is 3. The van der Waals surface area contributed by atoms with Gasteiger partial charge in [-0.2, -0.15) is 0 Å². The van der Waals surface area contributed by atoms with E-state index in [9.17, 15) is 14.4 Å². The molecule has 0 amide bonds. The van der Waals surface area contributed by atoms with Gasteiger partial charge in [0.2, 0.25) is 0 Å². The molecule has 0 saturated carbocycles. The van der Waals surface area contributed by atoms with Crippen LogP contribution in [0.15, 0.2) is 48.6 Å². The first-order chi connectivity index (χ1) is 30.0. The molecule has 0 bridgehead atoms. The van der Waals surface area contributed by atoms with Crippen LogP contribution in [0.4, 0.5) is 0 Å². The molecule has 0 spiro atoms. The zero-order valence-electron chi connectivity index (χ0n) is 40.4. The third-order valence-electron chi connectivity index (χ3n) is 11.3. The predicted molar refractivity (Wildman–Crippen MR) is 261 cm³/mol. The maximum Gasteiger partial charge on any atom is 0.306 e. The molecule has 0 aliphatic carbocycles. The van der Waals surface area contributed by atoms with E-state index in [1.807, 2.05) is 0 Å². The summed E-state index contributed by atoms with van der Waals surface area (Å²) in [5, 5.41) is 0. The van der Waals surface area contributed by atoms with Crippen molar-refractivity contribution in [1.29, 1.82) is 0 Å². The molecule has 0 aliphatic heterocycles. The monoisotopic (exact) mass is 855 g/mol. The van der Waals surface area contributed by atoms with E-state index in [0.717, 1.165) is 77.0 Å². The fourth-order valence-electron chi connectivity index (χ4n) is 7.43. The molecule has 0 saturated heterocycles. The summed E-state index contributed by atoms with van der Waals surface area (Å²) < 4.78 is 16.7. The second kappa shape index (κ2) is 50.0. The number of allylic oxidation sites excluding steroid dienone is 8. The van der Waals surface area contributed by atoms with Crippen LogP contribution in [0.3, 0.4) is 0 Å². The summed E-state index contributed by atoms with van der Waals surface area (Å²) >= 11 is 0. The Kier molecular flexibility index (Phi) is 47.9. The highest BCUT2D eigenvalue weighted by Crippen LogP contribution is 2.16. The van der Waals surface area contributed by atoms with E-state index in [2.05, 4.69) is 69.4 Å². The van der Waals surface area contributed by atoms with Crippen LogP contribution in [0.5, 0.6) is 0 Å². The highest BCUT2D eigenvalue weighted by molar-refractivity contribution is 5.71. The van der Waals surface area contributed by atoms with Crippen LogP contribution in [0.1, 0.15) is 265 Å². The van der Waals surface area contributed by atoms with Gasteiger partial charge in [0.05, 0.1) is 0 Å². The van der Waals surface area contributed by atoms with E-state index in [0.29, 0.717) is 19.3 Å². The van der Waals surface area contributed by atoms with Crippen LogP contribution in [0.25, 0.3) is 0 Å². The number of ether oxygens (including phenoxy) is 3. The number of rotatable bonds is 47. The van der Waals surface area contributed by atoms with E-state index in [4.69, 9.17) is 14.2 Å². The third kappa shape index (κ3) is 48.3. The molecule has 0 aromatic heterocycles. The molecule has 0 aromatic carbocycles. The number of hydrogen-bond acceptors (Lipinski definition) is 6. The molecule has 354 valence electrons. The van der Waals surface area contributed by atoms with Crippen LogP contribution in [-0.4, -0.2) is 37.2 Å². The van der Waals surface area contributed by atoms with E-state index < -0.39 is 6.10 Å². The SMILES string of the molecule is CC/C=C\C/C=C\C/C=C\C/C=C\CCCCC(=O)OC(COC(=O)CCCCCCCCCC)COC(=O)CCCCCCCCCCCCCCCCCCCCCC. The summed E-state index contributed by atoms with van der Waals surface area (Å²) in [5.74, 6) is -0.924. The lowest BCUT2D eigenvalue weighted by Gasteiger charge is -2.18.